The average molecular weight is 470 g/mol. The Kier molecular flexibility index (Phi) is 6.01. The molecule has 0 saturated heterocycles. The van der Waals surface area contributed by atoms with E-state index < -0.39 is 0 Å². The Balaban J connectivity index is 1.23. The van der Waals surface area contributed by atoms with Gasteiger partial charge in [0.15, 0.2) is 6.20 Å². The molecule has 7 nitrogen and oxygen atoms in total. The molecule has 1 aliphatic rings. The molecule has 2 aromatic heterocycles. The van der Waals surface area contributed by atoms with Gasteiger partial charge in [-0.05, 0) is 42.3 Å². The van der Waals surface area contributed by atoms with E-state index >= 15 is 0 Å². The van der Waals surface area contributed by atoms with E-state index in [-0.39, 0.29) is 17.9 Å². The average Bonchev–Trinajstić information content (AvgIpc) is 3.39. The van der Waals surface area contributed by atoms with Crippen molar-refractivity contribution in [3.63, 3.8) is 0 Å². The number of rotatable bonds is 7. The Morgan fingerprint density at radius 3 is 2.63 bits per heavy atom. The highest BCUT2D eigenvalue weighted by Crippen LogP contribution is 2.30. The van der Waals surface area contributed by atoms with E-state index in [4.69, 9.17) is 0 Å². The van der Waals surface area contributed by atoms with Crippen LogP contribution in [0, 0.1) is 5.82 Å². The predicted octanol–water partition coefficient (Wildman–Crippen LogP) is 5.62. The standard InChI is InChI=1S/C27H25FN6O/c1-17-16-34(17)12-11-29-22-9-5-20(6-10-22)23-14-30-25-13-26(31-15-24(23)25)33-27(35)32-18(2)19-3-7-21(28)8-4-19/h3-15,18,29H,16H2,1-2H3,(H2-,30,31,32,33,35)/p+1. The summed E-state index contributed by atoms with van der Waals surface area (Å²) in [6.45, 7) is 4.98. The maximum Gasteiger partial charge on any atom is 0.320 e. The van der Waals surface area contributed by atoms with E-state index in [1.165, 1.54) is 17.8 Å². The minimum absolute atomic E-state index is 0.280. The van der Waals surface area contributed by atoms with Gasteiger partial charge in [0.05, 0.1) is 17.8 Å². The van der Waals surface area contributed by atoms with Crippen LogP contribution in [0.5, 0.6) is 0 Å². The van der Waals surface area contributed by atoms with Crippen molar-refractivity contribution >= 4 is 34.2 Å². The lowest BCUT2D eigenvalue weighted by molar-refractivity contribution is -0.360. The number of anilines is 2. The van der Waals surface area contributed by atoms with Crippen molar-refractivity contribution in [2.75, 3.05) is 17.2 Å². The second-order valence-corrected chi connectivity index (χ2v) is 8.59. The first-order valence-corrected chi connectivity index (χ1v) is 11.4. The normalized spacial score (nSPS) is 13.8. The number of fused-ring (bicyclic) bond motifs is 1. The molecule has 2 amide bonds. The van der Waals surface area contributed by atoms with Crippen LogP contribution in [0.2, 0.25) is 0 Å². The first-order chi connectivity index (χ1) is 17.0. The number of nitrogens with one attached hydrogen (secondary N) is 4. The summed E-state index contributed by atoms with van der Waals surface area (Å²) in [6.07, 6.45) is 7.66. The molecule has 8 heteroatoms. The molecule has 4 aromatic rings. The fourth-order valence-corrected chi connectivity index (χ4v) is 3.87. The van der Waals surface area contributed by atoms with E-state index in [9.17, 15) is 9.18 Å². The van der Waals surface area contributed by atoms with Gasteiger partial charge < -0.3 is 15.6 Å². The molecule has 0 fully saturated rings. The highest BCUT2D eigenvalue weighted by Gasteiger charge is 2.24. The van der Waals surface area contributed by atoms with Crippen molar-refractivity contribution in [1.82, 2.24) is 15.3 Å². The second-order valence-electron chi connectivity index (χ2n) is 8.59. The Labute approximate surface area is 202 Å². The number of pyridine rings is 1. The number of nitrogens with zero attached hydrogens (tertiary/aromatic N) is 2. The van der Waals surface area contributed by atoms with Crippen LogP contribution in [0.1, 0.15) is 25.5 Å². The number of halogens is 1. The number of amides is 2. The first kappa shape index (κ1) is 22.3. The zero-order valence-corrected chi connectivity index (χ0v) is 19.5. The van der Waals surface area contributed by atoms with Gasteiger partial charge >= 0.3 is 6.03 Å². The number of hydrogen-bond donors (Lipinski definition) is 4. The molecule has 5 rings (SSSR count). The number of carbonyl (C=O) groups excluding carboxylic acids is 1. The smallest absolute Gasteiger partial charge is 0.320 e. The van der Waals surface area contributed by atoms with Crippen molar-refractivity contribution in [2.45, 2.75) is 19.9 Å². The van der Waals surface area contributed by atoms with Crippen molar-refractivity contribution in [2.24, 2.45) is 0 Å². The molecule has 176 valence electrons. The Bertz CT molecular complexity index is 1440. The molecule has 0 bridgehead atoms. The van der Waals surface area contributed by atoms with Gasteiger partial charge in [0.1, 0.15) is 11.6 Å². The maximum absolute atomic E-state index is 13.1. The third kappa shape index (κ3) is 5.22. The summed E-state index contributed by atoms with van der Waals surface area (Å²) in [6, 6.07) is 15.4. The van der Waals surface area contributed by atoms with E-state index in [0.29, 0.717) is 5.82 Å². The van der Waals surface area contributed by atoms with Crippen LogP contribution in [0.25, 0.3) is 22.0 Å². The Hall–Kier alpha value is -4.46. The van der Waals surface area contributed by atoms with Crippen LogP contribution in [-0.4, -0.2) is 32.8 Å². The molecule has 1 atom stereocenters. The third-order valence-corrected chi connectivity index (χ3v) is 6.01. The van der Waals surface area contributed by atoms with Crippen LogP contribution in [0.4, 0.5) is 20.7 Å². The monoisotopic (exact) mass is 469 g/mol. The molecule has 0 spiro atoms. The van der Waals surface area contributed by atoms with Gasteiger partial charge in [0, 0.05) is 42.0 Å². The molecule has 0 aliphatic carbocycles. The quantitative estimate of drug-likeness (QED) is 0.265. The molecule has 1 unspecified atom stereocenters. The summed E-state index contributed by atoms with van der Waals surface area (Å²) in [4.78, 5) is 20.1. The van der Waals surface area contributed by atoms with Gasteiger partial charge in [-0.3, -0.25) is 5.32 Å². The third-order valence-electron chi connectivity index (χ3n) is 6.01. The van der Waals surface area contributed by atoms with E-state index in [2.05, 4.69) is 49.6 Å². The number of aromatic nitrogens is 2. The van der Waals surface area contributed by atoms with Crippen LogP contribution < -0.4 is 16.0 Å². The van der Waals surface area contributed by atoms with Crippen LogP contribution in [-0.2, 0) is 0 Å². The van der Waals surface area contributed by atoms with Crippen molar-refractivity contribution in [3.05, 3.63) is 90.8 Å². The van der Waals surface area contributed by atoms with Gasteiger partial charge in [-0.25, -0.2) is 14.2 Å². The highest BCUT2D eigenvalue weighted by atomic mass is 19.1. The highest BCUT2D eigenvalue weighted by molar-refractivity contribution is 5.97. The number of benzene rings is 2. The van der Waals surface area contributed by atoms with Gasteiger partial charge in [0.2, 0.25) is 12.3 Å². The number of hydrogen-bond acceptors (Lipinski definition) is 3. The lowest BCUT2D eigenvalue weighted by atomic mass is 10.1. The number of urea groups is 1. The zero-order chi connectivity index (χ0) is 24.4. The summed E-state index contributed by atoms with van der Waals surface area (Å²) in [5.41, 5.74) is 6.15. The fourth-order valence-electron chi connectivity index (χ4n) is 3.87. The summed E-state index contributed by atoms with van der Waals surface area (Å²) < 4.78 is 15.3. The van der Waals surface area contributed by atoms with Crippen LogP contribution in [0.15, 0.2) is 79.4 Å². The van der Waals surface area contributed by atoms with Gasteiger partial charge in [0.25, 0.3) is 0 Å². The second kappa shape index (κ2) is 9.42. The summed E-state index contributed by atoms with van der Waals surface area (Å²) in [5, 5.41) is 9.84. The minimum Gasteiger partial charge on any atom is -0.360 e. The Morgan fingerprint density at radius 2 is 1.91 bits per heavy atom. The molecule has 0 saturated carbocycles. The molecular weight excluding hydrogens is 443 g/mol. The lowest BCUT2D eigenvalue weighted by Gasteiger charge is -2.14. The van der Waals surface area contributed by atoms with E-state index in [0.717, 1.165) is 39.8 Å². The van der Waals surface area contributed by atoms with Gasteiger partial charge in [-0.1, -0.05) is 24.3 Å². The first-order valence-electron chi connectivity index (χ1n) is 11.4. The van der Waals surface area contributed by atoms with Crippen LogP contribution >= 0.6 is 0 Å². The SMILES string of the molecule is CC1=[N+](C=CNc2ccc(-c3c[nH]c4cc(NC(=O)NC(C)c5ccc(F)cc5)ncc34)cc2)C1. The lowest BCUT2D eigenvalue weighted by Crippen LogP contribution is -2.31. The number of carbonyl (C=O) groups is 1. The molecular formula is C27H26FN6O+. The molecule has 0 radical (unpaired) electrons. The zero-order valence-electron chi connectivity index (χ0n) is 19.5. The number of aromatic amines is 1. The van der Waals surface area contributed by atoms with Gasteiger partial charge in [-0.2, -0.15) is 4.58 Å². The fraction of sp³-hybridized carbons (Fsp3) is 0.148. The van der Waals surface area contributed by atoms with Crippen LogP contribution in [0.3, 0.4) is 0 Å². The largest absolute Gasteiger partial charge is 0.360 e. The van der Waals surface area contributed by atoms with Gasteiger partial charge in [-0.15, -0.1) is 0 Å². The topological polar surface area (TPSA) is 84.8 Å². The molecule has 3 heterocycles. The summed E-state index contributed by atoms with van der Waals surface area (Å²) in [5.74, 6) is 0.120. The number of H-pyrrole nitrogens is 1. The van der Waals surface area contributed by atoms with E-state index in [1.54, 1.807) is 24.4 Å². The summed E-state index contributed by atoms with van der Waals surface area (Å²) >= 11 is 0. The molecule has 2 aromatic carbocycles. The van der Waals surface area contributed by atoms with Crippen molar-refractivity contribution in [3.8, 4) is 11.1 Å². The maximum atomic E-state index is 13.1. The molecule has 1 aliphatic heterocycles. The Morgan fingerprint density at radius 1 is 1.17 bits per heavy atom. The van der Waals surface area contributed by atoms with Crippen molar-refractivity contribution < 1.29 is 13.8 Å². The summed E-state index contributed by atoms with van der Waals surface area (Å²) in [7, 11) is 0. The van der Waals surface area contributed by atoms with E-state index in [1.807, 2.05) is 37.7 Å². The molecule has 35 heavy (non-hydrogen) atoms. The predicted molar refractivity (Wildman–Crippen MR) is 137 cm³/mol. The minimum atomic E-state index is -0.385. The van der Waals surface area contributed by atoms with Crippen molar-refractivity contribution in [1.29, 1.82) is 0 Å². The molecule has 4 N–H and O–H groups in total.